The molecule has 33 heavy (non-hydrogen) atoms. The van der Waals surface area contributed by atoms with Gasteiger partial charge in [0.25, 0.3) is 0 Å². The number of halogens is 2. The lowest BCUT2D eigenvalue weighted by molar-refractivity contribution is 0.432. The molecule has 7 nitrogen and oxygen atoms in total. The summed E-state index contributed by atoms with van der Waals surface area (Å²) in [6, 6.07) is 15.1. The molecule has 0 fully saturated rings. The molecule has 162 valence electrons. The van der Waals surface area contributed by atoms with Gasteiger partial charge in [-0.25, -0.2) is 14.5 Å². The van der Waals surface area contributed by atoms with Gasteiger partial charge in [-0.2, -0.15) is 5.10 Å². The Hall–Kier alpha value is -3.20. The maximum Gasteiger partial charge on any atom is 0.183 e. The van der Waals surface area contributed by atoms with E-state index in [-0.39, 0.29) is 0 Å². The summed E-state index contributed by atoms with van der Waals surface area (Å²) in [5.74, 6) is 0.697. The van der Waals surface area contributed by atoms with Crippen LogP contribution in [0.1, 0.15) is 17.1 Å². The lowest BCUT2D eigenvalue weighted by Gasteiger charge is -2.17. The second-order valence-electron chi connectivity index (χ2n) is 7.69. The van der Waals surface area contributed by atoms with Gasteiger partial charge in [-0.3, -0.25) is 4.98 Å². The number of aromatic nitrogens is 6. The second-order valence-corrected chi connectivity index (χ2v) is 8.54. The van der Waals surface area contributed by atoms with Crippen molar-refractivity contribution < 1.29 is 0 Å². The fraction of sp³-hybridized carbons (Fsp3) is 0.130. The molecule has 0 atom stereocenters. The molecule has 0 saturated carbocycles. The van der Waals surface area contributed by atoms with Gasteiger partial charge in [-0.1, -0.05) is 29.3 Å². The van der Waals surface area contributed by atoms with Gasteiger partial charge < -0.3 is 9.79 Å². The van der Waals surface area contributed by atoms with E-state index in [2.05, 4.69) is 20.1 Å². The highest BCUT2D eigenvalue weighted by atomic mass is 35.5. The van der Waals surface area contributed by atoms with Crippen LogP contribution in [0.15, 0.2) is 61.1 Å². The predicted molar refractivity (Wildman–Crippen MR) is 130 cm³/mol. The topological polar surface area (TPSA) is 75.0 Å². The lowest BCUT2D eigenvalue weighted by Crippen LogP contribution is -2.20. The van der Waals surface area contributed by atoms with Crippen molar-refractivity contribution in [2.24, 2.45) is 0 Å². The maximum atomic E-state index is 6.31. The first-order chi connectivity index (χ1) is 16.0. The number of fused-ring (bicyclic) bond motifs is 1. The van der Waals surface area contributed by atoms with Gasteiger partial charge in [0.1, 0.15) is 12.2 Å². The van der Waals surface area contributed by atoms with E-state index in [4.69, 9.17) is 36.2 Å². The van der Waals surface area contributed by atoms with Crippen LogP contribution in [0, 0.1) is 6.92 Å². The SMILES string of the molecule is [B]N(Cc1nc(-c2ccc3ncnn3c2)c(-c2cccc(C)n2)[nH]1)Cc1cc(Cl)ccc1Cl. The van der Waals surface area contributed by atoms with Crippen LogP contribution in [-0.2, 0) is 13.1 Å². The van der Waals surface area contributed by atoms with Gasteiger partial charge >= 0.3 is 0 Å². The van der Waals surface area contributed by atoms with Crippen LogP contribution in [0.3, 0.4) is 0 Å². The van der Waals surface area contributed by atoms with Crippen molar-refractivity contribution in [3.05, 3.63) is 88.2 Å². The lowest BCUT2D eigenvalue weighted by atomic mass is 10.1. The van der Waals surface area contributed by atoms with Crippen LogP contribution in [-0.4, -0.2) is 42.3 Å². The molecule has 0 aliphatic heterocycles. The molecule has 0 unspecified atom stereocenters. The van der Waals surface area contributed by atoms with Crippen molar-refractivity contribution >= 4 is 36.8 Å². The largest absolute Gasteiger partial charge is 0.344 e. The summed E-state index contributed by atoms with van der Waals surface area (Å²) in [4.78, 5) is 18.8. The summed E-state index contributed by atoms with van der Waals surface area (Å²) in [7, 11) is 6.31. The van der Waals surface area contributed by atoms with Crippen LogP contribution < -0.4 is 0 Å². The quantitative estimate of drug-likeness (QED) is 0.355. The average molecular weight is 474 g/mol. The number of hydrogen-bond acceptors (Lipinski definition) is 5. The third kappa shape index (κ3) is 4.64. The van der Waals surface area contributed by atoms with E-state index in [0.29, 0.717) is 29.0 Å². The van der Waals surface area contributed by atoms with E-state index in [1.54, 1.807) is 21.5 Å². The van der Waals surface area contributed by atoms with Gasteiger partial charge in [0.2, 0.25) is 0 Å². The minimum atomic E-state index is 0.368. The number of aryl methyl sites for hydroxylation is 1. The molecule has 0 bridgehead atoms. The Balaban J connectivity index is 1.50. The Morgan fingerprint density at radius 1 is 1.06 bits per heavy atom. The number of nitrogens with zero attached hydrogens (tertiary/aromatic N) is 6. The van der Waals surface area contributed by atoms with E-state index in [9.17, 15) is 0 Å². The molecule has 10 heteroatoms. The van der Waals surface area contributed by atoms with E-state index < -0.39 is 0 Å². The highest BCUT2D eigenvalue weighted by Crippen LogP contribution is 2.30. The summed E-state index contributed by atoms with van der Waals surface area (Å²) < 4.78 is 1.72. The van der Waals surface area contributed by atoms with E-state index in [1.165, 1.54) is 6.33 Å². The van der Waals surface area contributed by atoms with Crippen molar-refractivity contribution in [2.45, 2.75) is 20.0 Å². The zero-order valence-corrected chi connectivity index (χ0v) is 19.2. The Morgan fingerprint density at radius 3 is 2.79 bits per heavy atom. The zero-order valence-electron chi connectivity index (χ0n) is 17.7. The van der Waals surface area contributed by atoms with E-state index >= 15 is 0 Å². The fourth-order valence-corrected chi connectivity index (χ4v) is 4.03. The Bertz CT molecular complexity index is 1450. The van der Waals surface area contributed by atoms with Crippen LogP contribution >= 0.6 is 23.2 Å². The molecule has 0 aliphatic carbocycles. The number of imidazole rings is 1. The second kappa shape index (κ2) is 8.98. The molecule has 0 aliphatic rings. The van der Waals surface area contributed by atoms with E-state index in [1.807, 2.05) is 49.5 Å². The van der Waals surface area contributed by atoms with Crippen LogP contribution in [0.4, 0.5) is 0 Å². The highest BCUT2D eigenvalue weighted by molar-refractivity contribution is 6.33. The van der Waals surface area contributed by atoms with Gasteiger partial charge in [0.15, 0.2) is 13.6 Å². The highest BCUT2D eigenvalue weighted by Gasteiger charge is 2.17. The first-order valence-corrected chi connectivity index (χ1v) is 11.0. The Morgan fingerprint density at radius 2 is 1.94 bits per heavy atom. The number of benzene rings is 1. The maximum absolute atomic E-state index is 6.31. The molecular weight excluding hydrogens is 456 g/mol. The number of hydrogen-bond donors (Lipinski definition) is 1. The first-order valence-electron chi connectivity index (χ1n) is 10.2. The molecule has 1 N–H and O–H groups in total. The number of pyridine rings is 2. The number of nitrogens with one attached hydrogen (secondary N) is 1. The summed E-state index contributed by atoms with van der Waals surface area (Å²) >= 11 is 12.4. The molecular formula is C23H18BCl2N7. The Kier molecular flexibility index (Phi) is 5.89. The fourth-order valence-electron chi connectivity index (χ4n) is 3.66. The predicted octanol–water partition coefficient (Wildman–Crippen LogP) is 4.88. The number of H-pyrrole nitrogens is 1. The van der Waals surface area contributed by atoms with Gasteiger partial charge in [-0.05, 0) is 55.0 Å². The van der Waals surface area contributed by atoms with Gasteiger partial charge in [-0.15, -0.1) is 0 Å². The minimum absolute atomic E-state index is 0.368. The molecule has 0 saturated heterocycles. The van der Waals surface area contributed by atoms with Crippen LogP contribution in [0.5, 0.6) is 0 Å². The molecule has 4 aromatic heterocycles. The molecule has 5 rings (SSSR count). The van der Waals surface area contributed by atoms with Gasteiger partial charge in [0.05, 0.1) is 17.1 Å². The summed E-state index contributed by atoms with van der Waals surface area (Å²) in [5.41, 5.74) is 5.76. The van der Waals surface area contributed by atoms with Crippen molar-refractivity contribution in [3.63, 3.8) is 0 Å². The third-order valence-electron chi connectivity index (χ3n) is 5.18. The molecule has 1 aromatic carbocycles. The summed E-state index contributed by atoms with van der Waals surface area (Å²) in [6.07, 6.45) is 3.42. The van der Waals surface area contributed by atoms with Crippen LogP contribution in [0.25, 0.3) is 28.3 Å². The van der Waals surface area contributed by atoms with Crippen molar-refractivity contribution in [3.8, 4) is 22.6 Å². The number of aromatic amines is 1. The molecule has 5 aromatic rings. The van der Waals surface area contributed by atoms with Crippen molar-refractivity contribution in [1.82, 2.24) is 34.4 Å². The van der Waals surface area contributed by atoms with E-state index in [0.717, 1.165) is 39.5 Å². The molecule has 0 amide bonds. The first kappa shape index (κ1) is 21.6. The normalized spacial score (nSPS) is 11.5. The summed E-state index contributed by atoms with van der Waals surface area (Å²) in [5, 5.41) is 5.46. The smallest absolute Gasteiger partial charge is 0.183 e. The van der Waals surface area contributed by atoms with Crippen molar-refractivity contribution in [2.75, 3.05) is 0 Å². The average Bonchev–Trinajstić information content (AvgIpc) is 3.42. The van der Waals surface area contributed by atoms with Crippen molar-refractivity contribution in [1.29, 1.82) is 0 Å². The van der Waals surface area contributed by atoms with Gasteiger partial charge in [0, 0.05) is 40.6 Å². The third-order valence-corrected chi connectivity index (χ3v) is 5.78. The summed E-state index contributed by atoms with van der Waals surface area (Å²) in [6.45, 7) is 2.74. The van der Waals surface area contributed by atoms with Crippen LogP contribution in [0.2, 0.25) is 10.0 Å². The molecule has 0 spiro atoms. The monoisotopic (exact) mass is 473 g/mol. The molecule has 4 heterocycles. The molecule has 2 radical (unpaired) electrons. The zero-order chi connectivity index (χ0) is 22.9. The standard InChI is InChI=1S/C23H18BCl2N7/c1-14-3-2-4-19(29-14)23-22(15-5-8-21-27-13-28-33(21)11-15)30-20(31-23)12-32(24)10-16-9-17(25)6-7-18(16)26/h2-9,11,13H,10,12H2,1H3,(H,30,31). The number of rotatable bonds is 6. The minimum Gasteiger partial charge on any atom is -0.344 e. The Labute approximate surface area is 201 Å².